The van der Waals surface area contributed by atoms with Crippen LogP contribution in [0, 0.1) is 5.92 Å². The fourth-order valence-corrected chi connectivity index (χ4v) is 3.06. The molecule has 0 spiro atoms. The van der Waals surface area contributed by atoms with Crippen LogP contribution < -0.4 is 10.2 Å². The first-order chi connectivity index (χ1) is 10.3. The average Bonchev–Trinajstić information content (AvgIpc) is 2.57. The Morgan fingerprint density at radius 1 is 1.29 bits per heavy atom. The molecule has 2 aliphatic rings. The van der Waals surface area contributed by atoms with Crippen molar-refractivity contribution in [2.75, 3.05) is 31.2 Å². The van der Waals surface area contributed by atoms with Crippen LogP contribution in [-0.4, -0.2) is 43.2 Å². The first-order valence-electron chi connectivity index (χ1n) is 7.87. The van der Waals surface area contributed by atoms with Crippen LogP contribution in [0.1, 0.15) is 25.7 Å². The lowest BCUT2D eigenvalue weighted by atomic mass is 9.99. The molecule has 1 aromatic rings. The highest BCUT2D eigenvalue weighted by molar-refractivity contribution is 5.79. The van der Waals surface area contributed by atoms with Crippen molar-refractivity contribution in [3.63, 3.8) is 0 Å². The summed E-state index contributed by atoms with van der Waals surface area (Å²) in [7, 11) is 0. The Bertz CT molecular complexity index is 452. The largest absolute Gasteiger partial charge is 0.381 e. The molecule has 1 amide bonds. The summed E-state index contributed by atoms with van der Waals surface area (Å²) in [6.45, 7) is 3.27. The number of ether oxygens (including phenoxy) is 1. The van der Waals surface area contributed by atoms with Gasteiger partial charge in [0, 0.05) is 31.9 Å². The van der Waals surface area contributed by atoms with Gasteiger partial charge in [-0.15, -0.1) is 0 Å². The molecule has 1 N–H and O–H groups in total. The van der Waals surface area contributed by atoms with Gasteiger partial charge in [0.05, 0.1) is 12.5 Å². The summed E-state index contributed by atoms with van der Waals surface area (Å²) >= 11 is 0. The summed E-state index contributed by atoms with van der Waals surface area (Å²) < 4.78 is 5.39. The molecule has 0 radical (unpaired) electrons. The third-order valence-electron chi connectivity index (χ3n) is 4.35. The highest BCUT2D eigenvalue weighted by Gasteiger charge is 2.26. The van der Waals surface area contributed by atoms with Crippen molar-refractivity contribution < 1.29 is 9.53 Å². The van der Waals surface area contributed by atoms with E-state index in [-0.39, 0.29) is 11.8 Å². The predicted molar refractivity (Wildman–Crippen MR) is 81.2 cm³/mol. The molecule has 3 rings (SSSR count). The van der Waals surface area contributed by atoms with E-state index in [1.54, 1.807) is 0 Å². The fourth-order valence-electron chi connectivity index (χ4n) is 3.06. The summed E-state index contributed by atoms with van der Waals surface area (Å²) in [6.07, 6.45) is 5.74. The second-order valence-electron chi connectivity index (χ2n) is 5.87. The second-order valence-corrected chi connectivity index (χ2v) is 5.87. The molecule has 2 fully saturated rings. The van der Waals surface area contributed by atoms with Gasteiger partial charge in [-0.25, -0.2) is 4.98 Å². The smallest absolute Gasteiger partial charge is 0.225 e. The Balaban J connectivity index is 1.46. The predicted octanol–water partition coefficient (Wildman–Crippen LogP) is 1.59. The zero-order valence-electron chi connectivity index (χ0n) is 12.3. The second kappa shape index (κ2) is 6.89. The van der Waals surface area contributed by atoms with E-state index in [2.05, 4.69) is 15.2 Å². The van der Waals surface area contributed by atoms with E-state index in [0.717, 1.165) is 51.2 Å². The summed E-state index contributed by atoms with van der Waals surface area (Å²) in [6, 6.07) is 6.28. The number of carbonyl (C=O) groups is 1. The summed E-state index contributed by atoms with van der Waals surface area (Å²) in [4.78, 5) is 18.9. The number of aromatic nitrogens is 1. The van der Waals surface area contributed by atoms with Gasteiger partial charge < -0.3 is 15.0 Å². The van der Waals surface area contributed by atoms with Gasteiger partial charge in [0.15, 0.2) is 0 Å². The number of carbonyl (C=O) groups excluding carboxylic acids is 1. The van der Waals surface area contributed by atoms with E-state index >= 15 is 0 Å². The molecule has 2 saturated heterocycles. The van der Waals surface area contributed by atoms with Gasteiger partial charge in [-0.3, -0.25) is 4.79 Å². The average molecular weight is 289 g/mol. The quantitative estimate of drug-likeness (QED) is 0.918. The zero-order valence-corrected chi connectivity index (χ0v) is 12.3. The number of piperidine rings is 1. The number of pyridine rings is 1. The molecule has 2 aliphatic heterocycles. The zero-order chi connectivity index (χ0) is 14.5. The number of nitrogens with zero attached hydrogens (tertiary/aromatic N) is 2. The van der Waals surface area contributed by atoms with Crippen LogP contribution in [-0.2, 0) is 9.53 Å². The van der Waals surface area contributed by atoms with Crippen LogP contribution in [0.3, 0.4) is 0 Å². The minimum absolute atomic E-state index is 0.0487. The Labute approximate surface area is 125 Å². The van der Waals surface area contributed by atoms with Crippen molar-refractivity contribution >= 4 is 11.7 Å². The van der Waals surface area contributed by atoms with Gasteiger partial charge >= 0.3 is 0 Å². The highest BCUT2D eigenvalue weighted by Crippen LogP contribution is 2.19. The Kier molecular flexibility index (Phi) is 4.70. The van der Waals surface area contributed by atoms with E-state index < -0.39 is 0 Å². The van der Waals surface area contributed by atoms with Crippen molar-refractivity contribution in [1.82, 2.24) is 10.3 Å². The molecule has 0 saturated carbocycles. The minimum atomic E-state index is 0.0487. The van der Waals surface area contributed by atoms with E-state index in [1.807, 2.05) is 24.4 Å². The normalized spacial score (nSPS) is 23.8. The number of amides is 1. The standard InChI is InChI=1S/C16H23N3O2/c20-16(13-4-3-11-21-12-13)18-14-6-9-19(10-7-14)15-5-1-2-8-17-15/h1-2,5,8,13-14H,3-4,6-7,9-12H2,(H,18,20). The lowest BCUT2D eigenvalue weighted by Crippen LogP contribution is -2.47. The number of nitrogens with one attached hydrogen (secondary N) is 1. The third kappa shape index (κ3) is 3.73. The third-order valence-corrected chi connectivity index (χ3v) is 4.35. The molecule has 114 valence electrons. The summed E-state index contributed by atoms with van der Waals surface area (Å²) in [5.74, 6) is 1.25. The van der Waals surface area contributed by atoms with Crippen LogP contribution in [0.5, 0.6) is 0 Å². The van der Waals surface area contributed by atoms with Gasteiger partial charge in [0.1, 0.15) is 5.82 Å². The molecule has 21 heavy (non-hydrogen) atoms. The van der Waals surface area contributed by atoms with E-state index in [1.165, 1.54) is 0 Å². The van der Waals surface area contributed by atoms with Gasteiger partial charge in [-0.2, -0.15) is 0 Å². The first kappa shape index (κ1) is 14.3. The van der Waals surface area contributed by atoms with Crippen molar-refractivity contribution in [3.05, 3.63) is 24.4 Å². The van der Waals surface area contributed by atoms with Gasteiger partial charge in [0.2, 0.25) is 5.91 Å². The van der Waals surface area contributed by atoms with Crippen molar-refractivity contribution in [3.8, 4) is 0 Å². The number of anilines is 1. The summed E-state index contributed by atoms with van der Waals surface area (Å²) in [5.41, 5.74) is 0. The van der Waals surface area contributed by atoms with Crippen LogP contribution in [0.25, 0.3) is 0 Å². The molecular formula is C16H23N3O2. The number of hydrogen-bond acceptors (Lipinski definition) is 4. The molecule has 0 bridgehead atoms. The van der Waals surface area contributed by atoms with Crippen molar-refractivity contribution in [2.45, 2.75) is 31.7 Å². The molecule has 0 aromatic carbocycles. The molecule has 1 unspecified atom stereocenters. The van der Waals surface area contributed by atoms with Crippen LogP contribution in [0.2, 0.25) is 0 Å². The maximum atomic E-state index is 12.2. The van der Waals surface area contributed by atoms with Crippen LogP contribution in [0.15, 0.2) is 24.4 Å². The van der Waals surface area contributed by atoms with Gasteiger partial charge in [-0.05, 0) is 37.8 Å². The lowest BCUT2D eigenvalue weighted by Gasteiger charge is -2.34. The number of rotatable bonds is 3. The fraction of sp³-hybridized carbons (Fsp3) is 0.625. The van der Waals surface area contributed by atoms with E-state index in [9.17, 15) is 4.79 Å². The Morgan fingerprint density at radius 2 is 2.14 bits per heavy atom. The lowest BCUT2D eigenvalue weighted by molar-refractivity contribution is -0.129. The SMILES string of the molecule is O=C(NC1CCN(c2ccccn2)CC1)C1CCCOC1. The summed E-state index contributed by atoms with van der Waals surface area (Å²) in [5, 5.41) is 3.19. The molecule has 3 heterocycles. The van der Waals surface area contributed by atoms with Crippen molar-refractivity contribution in [2.24, 2.45) is 5.92 Å². The molecule has 5 nitrogen and oxygen atoms in total. The Hall–Kier alpha value is -1.62. The minimum Gasteiger partial charge on any atom is -0.381 e. The van der Waals surface area contributed by atoms with Crippen molar-refractivity contribution in [1.29, 1.82) is 0 Å². The van der Waals surface area contributed by atoms with E-state index in [4.69, 9.17) is 4.74 Å². The topological polar surface area (TPSA) is 54.5 Å². The van der Waals surface area contributed by atoms with Crippen LogP contribution in [0.4, 0.5) is 5.82 Å². The molecular weight excluding hydrogens is 266 g/mol. The highest BCUT2D eigenvalue weighted by atomic mass is 16.5. The number of hydrogen-bond donors (Lipinski definition) is 1. The maximum absolute atomic E-state index is 12.2. The molecule has 1 atom stereocenters. The van der Waals surface area contributed by atoms with Crippen LogP contribution >= 0.6 is 0 Å². The molecule has 0 aliphatic carbocycles. The van der Waals surface area contributed by atoms with Gasteiger partial charge in [0.25, 0.3) is 0 Å². The Morgan fingerprint density at radius 3 is 2.81 bits per heavy atom. The first-order valence-corrected chi connectivity index (χ1v) is 7.87. The monoisotopic (exact) mass is 289 g/mol. The molecule has 1 aromatic heterocycles. The molecule has 5 heteroatoms. The van der Waals surface area contributed by atoms with Gasteiger partial charge in [-0.1, -0.05) is 6.07 Å². The van der Waals surface area contributed by atoms with E-state index in [0.29, 0.717) is 12.6 Å². The maximum Gasteiger partial charge on any atom is 0.225 e.